The fourth-order valence-electron chi connectivity index (χ4n) is 3.51. The molecular formula is C17H25N3O. The highest BCUT2D eigenvalue weighted by Gasteiger charge is 2.31. The van der Waals surface area contributed by atoms with Crippen LogP contribution in [0.15, 0.2) is 23.2 Å². The predicted octanol–water partition coefficient (Wildman–Crippen LogP) is 3.45. The van der Waals surface area contributed by atoms with Crippen LogP contribution in [0.25, 0.3) is 0 Å². The van der Waals surface area contributed by atoms with Gasteiger partial charge in [0.25, 0.3) is 0 Å². The molecule has 4 nitrogen and oxygen atoms in total. The molecule has 2 aliphatic rings. The first kappa shape index (κ1) is 14.2. The highest BCUT2D eigenvalue weighted by atomic mass is 16.5. The SMILES string of the molecule is CCC1Oc2cc(N)ccc2N=C1N1CC(C)CC(C)C1. The van der Waals surface area contributed by atoms with Crippen LogP contribution in [0.3, 0.4) is 0 Å². The quantitative estimate of drug-likeness (QED) is 0.805. The molecule has 114 valence electrons. The van der Waals surface area contributed by atoms with Gasteiger partial charge in [0.15, 0.2) is 6.10 Å². The fraction of sp³-hybridized carbons (Fsp3) is 0.588. The van der Waals surface area contributed by atoms with Crippen molar-refractivity contribution in [2.75, 3.05) is 18.8 Å². The van der Waals surface area contributed by atoms with Gasteiger partial charge in [-0.2, -0.15) is 0 Å². The molecule has 1 saturated heterocycles. The Hall–Kier alpha value is -1.71. The molecule has 2 aliphatic heterocycles. The first-order chi connectivity index (χ1) is 10.1. The van der Waals surface area contributed by atoms with E-state index in [-0.39, 0.29) is 6.10 Å². The summed E-state index contributed by atoms with van der Waals surface area (Å²) in [6.07, 6.45) is 2.26. The topological polar surface area (TPSA) is 50.9 Å². The van der Waals surface area contributed by atoms with Gasteiger partial charge in [0.1, 0.15) is 17.3 Å². The van der Waals surface area contributed by atoms with E-state index in [9.17, 15) is 0 Å². The molecule has 0 saturated carbocycles. The van der Waals surface area contributed by atoms with Crippen molar-refractivity contribution in [2.45, 2.75) is 39.7 Å². The summed E-state index contributed by atoms with van der Waals surface area (Å²) in [5.74, 6) is 3.32. The summed E-state index contributed by atoms with van der Waals surface area (Å²) in [6, 6.07) is 5.71. The number of rotatable bonds is 1. The summed E-state index contributed by atoms with van der Waals surface area (Å²) >= 11 is 0. The van der Waals surface area contributed by atoms with E-state index < -0.39 is 0 Å². The zero-order chi connectivity index (χ0) is 15.0. The second kappa shape index (κ2) is 5.58. The van der Waals surface area contributed by atoms with E-state index >= 15 is 0 Å². The molecule has 0 amide bonds. The van der Waals surface area contributed by atoms with Crippen LogP contribution >= 0.6 is 0 Å². The Morgan fingerprint density at radius 3 is 2.67 bits per heavy atom. The van der Waals surface area contributed by atoms with Gasteiger partial charge in [0, 0.05) is 24.8 Å². The first-order valence-corrected chi connectivity index (χ1v) is 7.96. The lowest BCUT2D eigenvalue weighted by molar-refractivity contribution is 0.179. The fourth-order valence-corrected chi connectivity index (χ4v) is 3.51. The summed E-state index contributed by atoms with van der Waals surface area (Å²) in [5.41, 5.74) is 7.47. The number of aliphatic imine (C=N–C) groups is 1. The number of nitrogens with two attached hydrogens (primary N) is 1. The van der Waals surface area contributed by atoms with Crippen LogP contribution in [0.1, 0.15) is 33.6 Å². The molecule has 0 spiro atoms. The van der Waals surface area contributed by atoms with Crippen LogP contribution in [0.4, 0.5) is 11.4 Å². The number of nitrogen functional groups attached to an aromatic ring is 1. The molecule has 1 aromatic carbocycles. The average Bonchev–Trinajstić information content (AvgIpc) is 2.44. The van der Waals surface area contributed by atoms with Crippen molar-refractivity contribution in [3.8, 4) is 5.75 Å². The third-order valence-corrected chi connectivity index (χ3v) is 4.34. The molecule has 1 fully saturated rings. The molecule has 3 atom stereocenters. The normalized spacial score (nSPS) is 28.6. The second-order valence-corrected chi connectivity index (χ2v) is 6.56. The standard InChI is InChI=1S/C17H25N3O/c1-4-15-17(20-9-11(2)7-12(3)10-20)19-14-6-5-13(18)8-16(14)21-15/h5-6,8,11-12,15H,4,7,9-10,18H2,1-3H3. The van der Waals surface area contributed by atoms with Gasteiger partial charge in [-0.15, -0.1) is 0 Å². The minimum absolute atomic E-state index is 0.0387. The number of hydrogen-bond acceptors (Lipinski definition) is 4. The summed E-state index contributed by atoms with van der Waals surface area (Å²) in [4.78, 5) is 7.32. The number of ether oxygens (including phenoxy) is 1. The number of piperidine rings is 1. The van der Waals surface area contributed by atoms with Gasteiger partial charge in [-0.1, -0.05) is 20.8 Å². The highest BCUT2D eigenvalue weighted by Crippen LogP contribution is 2.36. The van der Waals surface area contributed by atoms with Crippen molar-refractivity contribution in [3.05, 3.63) is 18.2 Å². The number of benzene rings is 1. The van der Waals surface area contributed by atoms with Crippen molar-refractivity contribution >= 4 is 17.2 Å². The van der Waals surface area contributed by atoms with E-state index in [0.717, 1.165) is 42.5 Å². The van der Waals surface area contributed by atoms with E-state index in [1.54, 1.807) is 0 Å². The van der Waals surface area contributed by atoms with E-state index in [4.69, 9.17) is 15.5 Å². The third kappa shape index (κ3) is 2.85. The molecule has 1 aromatic rings. The lowest BCUT2D eigenvalue weighted by atomic mass is 9.91. The van der Waals surface area contributed by atoms with Crippen LogP contribution in [0.5, 0.6) is 5.75 Å². The Balaban J connectivity index is 1.93. The Labute approximate surface area is 127 Å². The molecule has 0 aliphatic carbocycles. The maximum absolute atomic E-state index is 6.15. The molecule has 21 heavy (non-hydrogen) atoms. The van der Waals surface area contributed by atoms with Crippen molar-refractivity contribution in [2.24, 2.45) is 16.8 Å². The summed E-state index contributed by atoms with van der Waals surface area (Å²) < 4.78 is 6.15. The van der Waals surface area contributed by atoms with Crippen molar-refractivity contribution in [1.82, 2.24) is 4.90 Å². The number of nitrogens with zero attached hydrogens (tertiary/aromatic N) is 2. The molecule has 3 unspecified atom stereocenters. The third-order valence-electron chi connectivity index (χ3n) is 4.34. The Morgan fingerprint density at radius 1 is 1.29 bits per heavy atom. The molecule has 4 heteroatoms. The first-order valence-electron chi connectivity index (χ1n) is 7.96. The van der Waals surface area contributed by atoms with E-state index in [1.165, 1.54) is 6.42 Å². The highest BCUT2D eigenvalue weighted by molar-refractivity contribution is 5.92. The van der Waals surface area contributed by atoms with Gasteiger partial charge in [-0.05, 0) is 36.8 Å². The molecule has 0 aromatic heterocycles. The van der Waals surface area contributed by atoms with Gasteiger partial charge in [0.05, 0.1) is 0 Å². The summed E-state index contributed by atoms with van der Waals surface area (Å²) in [7, 11) is 0. The molecule has 0 radical (unpaired) electrons. The number of anilines is 1. The zero-order valence-corrected chi connectivity index (χ0v) is 13.2. The van der Waals surface area contributed by atoms with E-state index in [0.29, 0.717) is 11.8 Å². The molecule has 2 N–H and O–H groups in total. The number of hydrogen-bond donors (Lipinski definition) is 1. The smallest absolute Gasteiger partial charge is 0.156 e. The summed E-state index contributed by atoms with van der Waals surface area (Å²) in [5, 5.41) is 0. The predicted molar refractivity (Wildman–Crippen MR) is 87.2 cm³/mol. The Kier molecular flexibility index (Phi) is 3.79. The van der Waals surface area contributed by atoms with Crippen LogP contribution < -0.4 is 10.5 Å². The molecule has 0 bridgehead atoms. The summed E-state index contributed by atoms with van der Waals surface area (Å²) in [6.45, 7) is 8.94. The lowest BCUT2D eigenvalue weighted by Gasteiger charge is -2.40. The monoisotopic (exact) mass is 287 g/mol. The van der Waals surface area contributed by atoms with Crippen molar-refractivity contribution in [3.63, 3.8) is 0 Å². The zero-order valence-electron chi connectivity index (χ0n) is 13.2. The lowest BCUT2D eigenvalue weighted by Crippen LogP contribution is -2.49. The van der Waals surface area contributed by atoms with Gasteiger partial charge >= 0.3 is 0 Å². The van der Waals surface area contributed by atoms with E-state index in [1.807, 2.05) is 18.2 Å². The maximum Gasteiger partial charge on any atom is 0.156 e. The van der Waals surface area contributed by atoms with Crippen molar-refractivity contribution < 1.29 is 4.74 Å². The number of amidine groups is 1. The van der Waals surface area contributed by atoms with Crippen molar-refractivity contribution in [1.29, 1.82) is 0 Å². The largest absolute Gasteiger partial charge is 0.480 e. The van der Waals surface area contributed by atoms with E-state index in [2.05, 4.69) is 25.7 Å². The number of likely N-dealkylation sites (tertiary alicyclic amines) is 1. The van der Waals surface area contributed by atoms with Gasteiger partial charge in [-0.25, -0.2) is 4.99 Å². The van der Waals surface area contributed by atoms with Gasteiger partial charge in [-0.3, -0.25) is 0 Å². The van der Waals surface area contributed by atoms with Gasteiger partial charge in [0.2, 0.25) is 0 Å². The van der Waals surface area contributed by atoms with Crippen LogP contribution in [0, 0.1) is 11.8 Å². The average molecular weight is 287 g/mol. The minimum Gasteiger partial charge on any atom is -0.480 e. The molecule has 2 heterocycles. The van der Waals surface area contributed by atoms with Crippen LogP contribution in [0.2, 0.25) is 0 Å². The Bertz CT molecular complexity index is 545. The molecule has 3 rings (SSSR count). The Morgan fingerprint density at radius 2 is 2.00 bits per heavy atom. The molecular weight excluding hydrogens is 262 g/mol. The second-order valence-electron chi connectivity index (χ2n) is 6.56. The number of fused-ring (bicyclic) bond motifs is 1. The maximum atomic E-state index is 6.15. The van der Waals surface area contributed by atoms with Crippen LogP contribution in [-0.4, -0.2) is 29.9 Å². The van der Waals surface area contributed by atoms with Crippen LogP contribution in [-0.2, 0) is 0 Å². The minimum atomic E-state index is 0.0387. The van der Waals surface area contributed by atoms with Gasteiger partial charge < -0.3 is 15.4 Å².